The third-order valence-corrected chi connectivity index (χ3v) is 4.13. The van der Waals surface area contributed by atoms with E-state index in [1.807, 2.05) is 0 Å². The Morgan fingerprint density at radius 2 is 2.24 bits per heavy atom. The summed E-state index contributed by atoms with van der Waals surface area (Å²) in [6, 6.07) is 4.88. The fraction of sp³-hybridized carbons (Fsp3) is 0.500. The number of benzene rings is 1. The van der Waals surface area contributed by atoms with Crippen LogP contribution in [0.3, 0.4) is 0 Å². The average Bonchev–Trinajstić information content (AvgIpc) is 2.30. The molecule has 1 aliphatic carbocycles. The van der Waals surface area contributed by atoms with Gasteiger partial charge < -0.3 is 4.90 Å². The zero-order chi connectivity index (χ0) is 12.0. The van der Waals surface area contributed by atoms with Gasteiger partial charge in [0.2, 0.25) is 0 Å². The molecule has 1 aromatic rings. The van der Waals surface area contributed by atoms with E-state index in [0.717, 1.165) is 19.5 Å². The van der Waals surface area contributed by atoms with Crippen LogP contribution in [0.15, 0.2) is 18.2 Å². The average molecular weight is 233 g/mol. The molecule has 1 aromatic carbocycles. The van der Waals surface area contributed by atoms with Gasteiger partial charge in [-0.05, 0) is 32.0 Å². The molecule has 0 N–H and O–H groups in total. The zero-order valence-corrected chi connectivity index (χ0v) is 9.95. The summed E-state index contributed by atoms with van der Waals surface area (Å²) in [6.07, 6.45) is 1.59. The highest BCUT2D eigenvalue weighted by Crippen LogP contribution is 2.41. The van der Waals surface area contributed by atoms with Crippen molar-refractivity contribution in [3.63, 3.8) is 0 Å². The highest BCUT2D eigenvalue weighted by atomic mass is 19.1. The Labute approximate surface area is 100 Å². The van der Waals surface area contributed by atoms with E-state index >= 15 is 0 Å². The second kappa shape index (κ2) is 3.91. The molecule has 1 fully saturated rings. The molecule has 3 heteroatoms. The lowest BCUT2D eigenvalue weighted by Crippen LogP contribution is -2.40. The van der Waals surface area contributed by atoms with Gasteiger partial charge in [-0.15, -0.1) is 0 Å². The molecule has 1 saturated heterocycles. The Bertz CT molecular complexity index is 471. The highest BCUT2D eigenvalue weighted by molar-refractivity contribution is 5.99. The molecule has 0 unspecified atom stereocenters. The van der Waals surface area contributed by atoms with Crippen molar-refractivity contribution in [2.24, 2.45) is 5.92 Å². The van der Waals surface area contributed by atoms with Crippen molar-refractivity contribution in [1.82, 2.24) is 4.90 Å². The van der Waals surface area contributed by atoms with Crippen molar-refractivity contribution >= 4 is 5.78 Å². The number of hydrogen-bond acceptors (Lipinski definition) is 2. The van der Waals surface area contributed by atoms with Crippen LogP contribution < -0.4 is 0 Å². The highest BCUT2D eigenvalue weighted by Gasteiger charge is 2.38. The van der Waals surface area contributed by atoms with E-state index in [0.29, 0.717) is 23.5 Å². The maximum Gasteiger partial charge on any atom is 0.163 e. The van der Waals surface area contributed by atoms with Crippen LogP contribution in [0, 0.1) is 11.7 Å². The zero-order valence-electron chi connectivity index (χ0n) is 9.95. The van der Waals surface area contributed by atoms with Crippen molar-refractivity contribution in [3.8, 4) is 0 Å². The summed E-state index contributed by atoms with van der Waals surface area (Å²) in [7, 11) is 2.06. The minimum Gasteiger partial charge on any atom is -0.306 e. The SMILES string of the molecule is CN1CC[C@H]2CC(=O)c3cccc(F)c3[C@@H]2C1. The first-order valence-corrected chi connectivity index (χ1v) is 6.17. The largest absolute Gasteiger partial charge is 0.306 e. The van der Waals surface area contributed by atoms with Gasteiger partial charge in [-0.3, -0.25) is 4.79 Å². The molecule has 0 radical (unpaired) electrons. The lowest BCUT2D eigenvalue weighted by atomic mass is 9.71. The van der Waals surface area contributed by atoms with Crippen LogP contribution in [0.2, 0.25) is 0 Å². The second-order valence-corrected chi connectivity index (χ2v) is 5.25. The van der Waals surface area contributed by atoms with Crippen LogP contribution in [0.1, 0.15) is 34.7 Å². The first-order valence-electron chi connectivity index (χ1n) is 6.17. The number of carbonyl (C=O) groups excluding carboxylic acids is 1. The molecule has 0 amide bonds. The fourth-order valence-corrected chi connectivity index (χ4v) is 3.24. The molecule has 0 bridgehead atoms. The van der Waals surface area contributed by atoms with Crippen LogP contribution in [0.4, 0.5) is 4.39 Å². The van der Waals surface area contributed by atoms with E-state index < -0.39 is 0 Å². The maximum absolute atomic E-state index is 14.0. The van der Waals surface area contributed by atoms with Gasteiger partial charge in [-0.1, -0.05) is 12.1 Å². The predicted octanol–water partition coefficient (Wildman–Crippen LogP) is 2.45. The number of Topliss-reactive ketones (excluding diaryl/α,β-unsaturated/α-hetero) is 1. The first kappa shape index (κ1) is 10.9. The molecule has 90 valence electrons. The molecule has 0 aromatic heterocycles. The summed E-state index contributed by atoms with van der Waals surface area (Å²) < 4.78 is 14.0. The Hall–Kier alpha value is -1.22. The Balaban J connectivity index is 2.10. The topological polar surface area (TPSA) is 20.3 Å². The van der Waals surface area contributed by atoms with Crippen molar-refractivity contribution in [1.29, 1.82) is 0 Å². The molecule has 0 spiro atoms. The van der Waals surface area contributed by atoms with Gasteiger partial charge >= 0.3 is 0 Å². The molecule has 2 atom stereocenters. The van der Waals surface area contributed by atoms with Gasteiger partial charge in [-0.25, -0.2) is 4.39 Å². The van der Waals surface area contributed by atoms with Gasteiger partial charge in [0, 0.05) is 30.0 Å². The molecular formula is C14H16FNO. The van der Waals surface area contributed by atoms with Crippen molar-refractivity contribution in [2.45, 2.75) is 18.8 Å². The number of halogens is 1. The number of piperidine rings is 1. The molecule has 2 nitrogen and oxygen atoms in total. The van der Waals surface area contributed by atoms with E-state index in [1.165, 1.54) is 6.07 Å². The number of rotatable bonds is 0. The summed E-state index contributed by atoms with van der Waals surface area (Å²) in [4.78, 5) is 14.2. The van der Waals surface area contributed by atoms with Gasteiger partial charge in [0.05, 0.1) is 0 Å². The van der Waals surface area contributed by atoms with E-state index in [1.54, 1.807) is 12.1 Å². The summed E-state index contributed by atoms with van der Waals surface area (Å²) in [5.74, 6) is 0.442. The second-order valence-electron chi connectivity index (χ2n) is 5.25. The molecule has 1 heterocycles. The fourth-order valence-electron chi connectivity index (χ4n) is 3.24. The molecular weight excluding hydrogens is 217 g/mol. The van der Waals surface area contributed by atoms with Gasteiger partial charge in [-0.2, -0.15) is 0 Å². The Kier molecular flexibility index (Phi) is 2.51. The third-order valence-electron chi connectivity index (χ3n) is 4.13. The quantitative estimate of drug-likeness (QED) is 0.686. The number of hydrogen-bond donors (Lipinski definition) is 0. The Morgan fingerprint density at radius 1 is 1.41 bits per heavy atom. The predicted molar refractivity (Wildman–Crippen MR) is 63.7 cm³/mol. The van der Waals surface area contributed by atoms with Gasteiger partial charge in [0.15, 0.2) is 5.78 Å². The van der Waals surface area contributed by atoms with E-state index in [4.69, 9.17) is 0 Å². The van der Waals surface area contributed by atoms with E-state index in [2.05, 4.69) is 11.9 Å². The number of likely N-dealkylation sites (N-methyl/N-ethyl adjacent to an activating group) is 1. The number of carbonyl (C=O) groups is 1. The van der Waals surface area contributed by atoms with Crippen LogP contribution in [-0.2, 0) is 0 Å². The third kappa shape index (κ3) is 1.69. The van der Waals surface area contributed by atoms with Crippen LogP contribution in [0.25, 0.3) is 0 Å². The van der Waals surface area contributed by atoms with E-state index in [-0.39, 0.29) is 17.5 Å². The van der Waals surface area contributed by atoms with Crippen LogP contribution >= 0.6 is 0 Å². The minimum atomic E-state index is -0.208. The van der Waals surface area contributed by atoms with Crippen molar-refractivity contribution in [3.05, 3.63) is 35.1 Å². The lowest BCUT2D eigenvalue weighted by Gasteiger charge is -2.40. The maximum atomic E-state index is 14.0. The standard InChI is InChI=1S/C14H16FNO/c1-16-6-5-9-7-13(17)10-3-2-4-12(15)14(10)11(9)8-16/h2-4,9,11H,5-8H2,1H3/t9-,11+/m0/s1. The number of likely N-dealkylation sites (tertiary alicyclic amines) is 1. The normalized spacial score (nSPS) is 28.7. The summed E-state index contributed by atoms with van der Waals surface area (Å²) >= 11 is 0. The van der Waals surface area contributed by atoms with Gasteiger partial charge in [0.25, 0.3) is 0 Å². The van der Waals surface area contributed by atoms with E-state index in [9.17, 15) is 9.18 Å². The summed E-state index contributed by atoms with van der Waals surface area (Å²) in [5.41, 5.74) is 1.28. The minimum absolute atomic E-state index is 0.116. The number of fused-ring (bicyclic) bond motifs is 3. The smallest absolute Gasteiger partial charge is 0.163 e. The molecule has 1 aliphatic heterocycles. The molecule has 0 saturated carbocycles. The molecule has 3 rings (SSSR count). The number of nitrogens with zero attached hydrogens (tertiary/aromatic N) is 1. The molecule has 2 aliphatic rings. The van der Waals surface area contributed by atoms with Crippen molar-refractivity contribution in [2.75, 3.05) is 20.1 Å². The molecule has 17 heavy (non-hydrogen) atoms. The monoisotopic (exact) mass is 233 g/mol. The Morgan fingerprint density at radius 3 is 3.06 bits per heavy atom. The van der Waals surface area contributed by atoms with Crippen LogP contribution in [-0.4, -0.2) is 30.8 Å². The van der Waals surface area contributed by atoms with Crippen molar-refractivity contribution < 1.29 is 9.18 Å². The summed E-state index contributed by atoms with van der Waals surface area (Å²) in [6.45, 7) is 1.88. The van der Waals surface area contributed by atoms with Gasteiger partial charge in [0.1, 0.15) is 5.82 Å². The first-order chi connectivity index (χ1) is 8.16. The van der Waals surface area contributed by atoms with Crippen LogP contribution in [0.5, 0.6) is 0 Å². The number of ketones is 1. The summed E-state index contributed by atoms with van der Waals surface area (Å²) in [5, 5.41) is 0. The lowest BCUT2D eigenvalue weighted by molar-refractivity contribution is 0.0883.